The van der Waals surface area contributed by atoms with Gasteiger partial charge in [0.25, 0.3) is 0 Å². The lowest BCUT2D eigenvalue weighted by Gasteiger charge is -2.39. The highest BCUT2D eigenvalue weighted by atomic mass is 35.5. The Labute approximate surface area is 187 Å². The van der Waals surface area contributed by atoms with Crippen LogP contribution in [0.4, 0.5) is 16.2 Å². The van der Waals surface area contributed by atoms with Crippen LogP contribution in [0.2, 0.25) is 10.0 Å². The number of amides is 1. The lowest BCUT2D eigenvalue weighted by molar-refractivity contribution is 0.0345. The van der Waals surface area contributed by atoms with Gasteiger partial charge in [0.1, 0.15) is 6.61 Å². The van der Waals surface area contributed by atoms with Gasteiger partial charge in [0.15, 0.2) is 0 Å². The molecule has 0 aromatic heterocycles. The topological polar surface area (TPSA) is 65.0 Å². The van der Waals surface area contributed by atoms with Crippen molar-refractivity contribution in [2.45, 2.75) is 26.1 Å². The summed E-state index contributed by atoms with van der Waals surface area (Å²) >= 11 is 12.5. The molecule has 0 atom stereocenters. The molecule has 8 heteroatoms. The molecule has 0 bridgehead atoms. The van der Waals surface area contributed by atoms with Gasteiger partial charge < -0.3 is 14.7 Å². The number of carbonyl (C=O) groups excluding carboxylic acids is 1. The summed E-state index contributed by atoms with van der Waals surface area (Å²) in [5, 5.41) is 13.6. The number of ether oxygens (including phenoxy) is 1. The molecule has 1 heterocycles. The molecule has 2 aromatic carbocycles. The number of β-amino-alcohol motifs (C(OH)–C–C–N with tert-alkyl or cyclic N) is 1. The van der Waals surface area contributed by atoms with E-state index in [1.807, 2.05) is 30.3 Å². The molecule has 6 nitrogen and oxygen atoms in total. The van der Waals surface area contributed by atoms with Gasteiger partial charge in [0.2, 0.25) is 0 Å². The highest BCUT2D eigenvalue weighted by Crippen LogP contribution is 2.35. The Kier molecular flexibility index (Phi) is 7.47. The zero-order valence-electron chi connectivity index (χ0n) is 17.2. The maximum atomic E-state index is 12.4. The zero-order chi connectivity index (χ0) is 21.7. The standard InChI is InChI=1S/C22H27Cl2N3O3/c1-22(2,29)15-26-8-10-27(11-9-26)20-13-18(24)17(23)12-19(20)25-21(28)30-14-16-6-4-3-5-7-16/h3-7,12-13,29H,8-11,14-15H2,1-2H3,(H,25,28). The average molecular weight is 452 g/mol. The Balaban J connectivity index is 1.67. The summed E-state index contributed by atoms with van der Waals surface area (Å²) in [6.45, 7) is 7.47. The predicted octanol–water partition coefficient (Wildman–Crippen LogP) is 4.64. The number of hydrogen-bond acceptors (Lipinski definition) is 5. The lowest BCUT2D eigenvalue weighted by Crippen LogP contribution is -2.50. The van der Waals surface area contributed by atoms with Gasteiger partial charge in [-0.2, -0.15) is 0 Å². The summed E-state index contributed by atoms with van der Waals surface area (Å²) < 4.78 is 5.34. The Bertz CT molecular complexity index is 864. The molecule has 1 fully saturated rings. The highest BCUT2D eigenvalue weighted by molar-refractivity contribution is 6.42. The van der Waals surface area contributed by atoms with Crippen LogP contribution in [-0.2, 0) is 11.3 Å². The molecular weight excluding hydrogens is 425 g/mol. The van der Waals surface area contributed by atoms with Crippen LogP contribution < -0.4 is 10.2 Å². The van der Waals surface area contributed by atoms with Gasteiger partial charge in [0.05, 0.1) is 27.0 Å². The fourth-order valence-corrected chi connectivity index (χ4v) is 3.78. The summed E-state index contributed by atoms with van der Waals surface area (Å²) in [7, 11) is 0. The molecule has 0 radical (unpaired) electrons. The van der Waals surface area contributed by atoms with Crippen LogP contribution in [0.25, 0.3) is 0 Å². The van der Waals surface area contributed by atoms with Gasteiger partial charge >= 0.3 is 6.09 Å². The Morgan fingerprint density at radius 1 is 1.10 bits per heavy atom. The van der Waals surface area contributed by atoms with Crippen LogP contribution in [0.5, 0.6) is 0 Å². The minimum Gasteiger partial charge on any atom is -0.444 e. The lowest BCUT2D eigenvalue weighted by atomic mass is 10.1. The smallest absolute Gasteiger partial charge is 0.412 e. The van der Waals surface area contributed by atoms with Crippen LogP contribution in [0.1, 0.15) is 19.4 Å². The molecule has 162 valence electrons. The van der Waals surface area contributed by atoms with E-state index in [-0.39, 0.29) is 6.61 Å². The normalized spacial score (nSPS) is 15.2. The fraction of sp³-hybridized carbons (Fsp3) is 0.409. The molecule has 1 aliphatic rings. The van der Waals surface area contributed by atoms with Crippen molar-refractivity contribution in [1.82, 2.24) is 4.90 Å². The number of anilines is 2. The first-order chi connectivity index (χ1) is 14.2. The molecule has 3 rings (SSSR count). The summed E-state index contributed by atoms with van der Waals surface area (Å²) in [6.07, 6.45) is -0.556. The Morgan fingerprint density at radius 3 is 2.37 bits per heavy atom. The fourth-order valence-electron chi connectivity index (χ4n) is 3.46. The van der Waals surface area contributed by atoms with Crippen molar-refractivity contribution in [3.63, 3.8) is 0 Å². The third-order valence-electron chi connectivity index (χ3n) is 4.81. The minimum absolute atomic E-state index is 0.180. The van der Waals surface area contributed by atoms with Gasteiger partial charge in [-0.05, 0) is 31.5 Å². The van der Waals surface area contributed by atoms with Crippen molar-refractivity contribution in [3.05, 3.63) is 58.1 Å². The van der Waals surface area contributed by atoms with Crippen LogP contribution in [0, 0.1) is 0 Å². The van der Waals surface area contributed by atoms with Gasteiger partial charge in [-0.15, -0.1) is 0 Å². The van der Waals surface area contributed by atoms with Crippen molar-refractivity contribution in [2.75, 3.05) is 42.9 Å². The molecular formula is C22H27Cl2N3O3. The van der Waals surface area contributed by atoms with Crippen molar-refractivity contribution in [3.8, 4) is 0 Å². The van der Waals surface area contributed by atoms with E-state index in [0.29, 0.717) is 22.3 Å². The van der Waals surface area contributed by atoms with Crippen LogP contribution in [0.3, 0.4) is 0 Å². The Hall–Kier alpha value is -1.99. The van der Waals surface area contributed by atoms with Crippen LogP contribution in [-0.4, -0.2) is 54.4 Å². The van der Waals surface area contributed by atoms with Crippen molar-refractivity contribution in [2.24, 2.45) is 0 Å². The number of carbonyl (C=O) groups is 1. The monoisotopic (exact) mass is 451 g/mol. The second-order valence-corrected chi connectivity index (χ2v) is 8.86. The quantitative estimate of drug-likeness (QED) is 0.669. The van der Waals surface area contributed by atoms with E-state index in [1.165, 1.54) is 0 Å². The van der Waals surface area contributed by atoms with Gasteiger partial charge in [-0.25, -0.2) is 4.79 Å². The van der Waals surface area contributed by atoms with Gasteiger partial charge in [-0.3, -0.25) is 10.2 Å². The third-order valence-corrected chi connectivity index (χ3v) is 5.53. The SMILES string of the molecule is CC(C)(O)CN1CCN(c2cc(Cl)c(Cl)cc2NC(=O)OCc2ccccc2)CC1. The second-order valence-electron chi connectivity index (χ2n) is 8.05. The number of nitrogens with zero attached hydrogens (tertiary/aromatic N) is 2. The molecule has 0 saturated carbocycles. The van der Waals surface area contributed by atoms with E-state index in [4.69, 9.17) is 27.9 Å². The molecule has 0 spiro atoms. The summed E-state index contributed by atoms with van der Waals surface area (Å²) in [6, 6.07) is 12.9. The zero-order valence-corrected chi connectivity index (χ0v) is 18.7. The first-order valence-electron chi connectivity index (χ1n) is 9.88. The molecule has 1 amide bonds. The maximum absolute atomic E-state index is 12.4. The molecule has 2 N–H and O–H groups in total. The largest absolute Gasteiger partial charge is 0.444 e. The number of aliphatic hydroxyl groups is 1. The van der Waals surface area contributed by atoms with Crippen LogP contribution in [0.15, 0.2) is 42.5 Å². The first-order valence-corrected chi connectivity index (χ1v) is 10.6. The number of rotatable bonds is 6. The van der Waals surface area contributed by atoms with Crippen molar-refractivity contribution >= 4 is 40.7 Å². The van der Waals surface area contributed by atoms with E-state index in [9.17, 15) is 9.90 Å². The molecule has 0 unspecified atom stereocenters. The van der Waals surface area contributed by atoms with E-state index in [1.54, 1.807) is 26.0 Å². The Morgan fingerprint density at radius 2 is 1.73 bits per heavy atom. The summed E-state index contributed by atoms with van der Waals surface area (Å²) in [5.74, 6) is 0. The predicted molar refractivity (Wildman–Crippen MR) is 122 cm³/mol. The molecule has 1 aliphatic heterocycles. The van der Waals surface area contributed by atoms with Gasteiger partial charge in [-0.1, -0.05) is 53.5 Å². The molecule has 2 aromatic rings. The number of hydrogen-bond donors (Lipinski definition) is 2. The minimum atomic E-state index is -0.735. The summed E-state index contributed by atoms with van der Waals surface area (Å²) in [5.41, 5.74) is 1.52. The van der Waals surface area contributed by atoms with Crippen molar-refractivity contribution < 1.29 is 14.6 Å². The average Bonchev–Trinajstić information content (AvgIpc) is 2.69. The van der Waals surface area contributed by atoms with E-state index >= 15 is 0 Å². The molecule has 30 heavy (non-hydrogen) atoms. The second kappa shape index (κ2) is 9.88. The molecule has 0 aliphatic carbocycles. The third kappa shape index (κ3) is 6.51. The first kappa shape index (κ1) is 22.7. The van der Waals surface area contributed by atoms with E-state index in [2.05, 4.69) is 15.1 Å². The van der Waals surface area contributed by atoms with E-state index < -0.39 is 11.7 Å². The summed E-state index contributed by atoms with van der Waals surface area (Å²) in [4.78, 5) is 16.7. The van der Waals surface area contributed by atoms with Crippen molar-refractivity contribution in [1.29, 1.82) is 0 Å². The highest BCUT2D eigenvalue weighted by Gasteiger charge is 2.25. The van der Waals surface area contributed by atoms with Gasteiger partial charge in [0, 0.05) is 32.7 Å². The maximum Gasteiger partial charge on any atom is 0.412 e. The molecule has 1 saturated heterocycles. The van der Waals surface area contributed by atoms with Crippen LogP contribution >= 0.6 is 23.2 Å². The van der Waals surface area contributed by atoms with E-state index in [0.717, 1.165) is 37.4 Å². The number of benzene rings is 2. The number of nitrogens with one attached hydrogen (secondary N) is 1. The number of piperazine rings is 1. The number of halogens is 2.